The van der Waals surface area contributed by atoms with Crippen molar-refractivity contribution >= 4 is 11.5 Å². The molecule has 1 fully saturated rings. The first-order valence-electron chi connectivity index (χ1n) is 10.3. The summed E-state index contributed by atoms with van der Waals surface area (Å²) in [5, 5.41) is 8.13. The second-order valence-electron chi connectivity index (χ2n) is 8.08. The van der Waals surface area contributed by atoms with E-state index in [-0.39, 0.29) is 12.2 Å². The van der Waals surface area contributed by atoms with Gasteiger partial charge in [-0.3, -0.25) is 4.68 Å². The van der Waals surface area contributed by atoms with E-state index in [0.29, 0.717) is 35.9 Å². The summed E-state index contributed by atoms with van der Waals surface area (Å²) >= 11 is 0. The molecule has 0 aliphatic carbocycles. The van der Waals surface area contributed by atoms with Crippen molar-refractivity contribution in [2.75, 3.05) is 18.0 Å². The Morgan fingerprint density at radius 1 is 1.09 bits per heavy atom. The molecule has 172 valence electrons. The quantitative estimate of drug-likeness (QED) is 0.466. The molecule has 0 saturated carbocycles. The second-order valence-corrected chi connectivity index (χ2v) is 8.08. The fourth-order valence-corrected chi connectivity index (χ4v) is 4.10. The van der Waals surface area contributed by atoms with Crippen LogP contribution in [0.5, 0.6) is 0 Å². The lowest BCUT2D eigenvalue weighted by molar-refractivity contribution is -0.141. The molecular weight excluding hydrogens is 437 g/mol. The molecule has 9 nitrogen and oxygen atoms in total. The van der Waals surface area contributed by atoms with Crippen LogP contribution in [0.15, 0.2) is 36.9 Å². The number of fused-ring (bicyclic) bond motifs is 1. The molecule has 5 heterocycles. The Hall–Kier alpha value is -3.54. The molecule has 1 saturated heterocycles. The van der Waals surface area contributed by atoms with Crippen molar-refractivity contribution in [1.29, 1.82) is 0 Å². The summed E-state index contributed by atoms with van der Waals surface area (Å²) in [7, 11) is 1.87. The van der Waals surface area contributed by atoms with Crippen LogP contribution < -0.4 is 4.90 Å². The Morgan fingerprint density at radius 3 is 2.64 bits per heavy atom. The maximum Gasteiger partial charge on any atom is 0.435 e. The van der Waals surface area contributed by atoms with Crippen molar-refractivity contribution in [2.24, 2.45) is 7.05 Å². The minimum absolute atomic E-state index is 0.0615. The number of aryl methyl sites for hydroxylation is 2. The summed E-state index contributed by atoms with van der Waals surface area (Å²) in [6.45, 7) is 5.09. The third-order valence-corrected chi connectivity index (χ3v) is 5.55. The molecule has 5 rings (SSSR count). The van der Waals surface area contributed by atoms with Gasteiger partial charge in [-0.1, -0.05) is 0 Å². The molecule has 2 atom stereocenters. The predicted octanol–water partition coefficient (Wildman–Crippen LogP) is 3.21. The third kappa shape index (κ3) is 4.01. The van der Waals surface area contributed by atoms with Crippen molar-refractivity contribution in [3.63, 3.8) is 0 Å². The highest BCUT2D eigenvalue weighted by molar-refractivity contribution is 5.62. The summed E-state index contributed by atoms with van der Waals surface area (Å²) in [6.07, 6.45) is -0.0124. The van der Waals surface area contributed by atoms with Crippen molar-refractivity contribution in [3.8, 4) is 11.4 Å². The van der Waals surface area contributed by atoms with Crippen molar-refractivity contribution in [3.05, 3.63) is 53.9 Å². The van der Waals surface area contributed by atoms with Crippen LogP contribution in [-0.4, -0.2) is 53.5 Å². The van der Waals surface area contributed by atoms with Crippen LogP contribution in [0.2, 0.25) is 0 Å². The van der Waals surface area contributed by atoms with Gasteiger partial charge in [0.05, 0.1) is 30.2 Å². The number of nitrogens with zero attached hydrogens (tertiary/aromatic N) is 8. The van der Waals surface area contributed by atoms with Crippen molar-refractivity contribution in [2.45, 2.75) is 32.2 Å². The van der Waals surface area contributed by atoms with Crippen LogP contribution in [0, 0.1) is 6.92 Å². The van der Waals surface area contributed by atoms with Gasteiger partial charge in [0.25, 0.3) is 0 Å². The van der Waals surface area contributed by atoms with E-state index in [4.69, 9.17) is 4.74 Å². The highest BCUT2D eigenvalue weighted by Gasteiger charge is 2.33. The minimum Gasteiger partial charge on any atom is -0.367 e. The van der Waals surface area contributed by atoms with Crippen molar-refractivity contribution in [1.82, 2.24) is 34.3 Å². The molecular formula is C21H21F3N8O. The number of hydrogen-bond donors (Lipinski definition) is 0. The van der Waals surface area contributed by atoms with Gasteiger partial charge in [0.15, 0.2) is 11.3 Å². The van der Waals surface area contributed by atoms with Gasteiger partial charge in [-0.15, -0.1) is 0 Å². The molecule has 0 radical (unpaired) electrons. The number of ether oxygens (including phenoxy) is 1. The predicted molar refractivity (Wildman–Crippen MR) is 112 cm³/mol. The molecule has 1 aliphatic rings. The number of halogens is 3. The monoisotopic (exact) mass is 458 g/mol. The Kier molecular flexibility index (Phi) is 5.04. The number of alkyl halides is 3. The molecule has 0 spiro atoms. The van der Waals surface area contributed by atoms with E-state index < -0.39 is 11.9 Å². The van der Waals surface area contributed by atoms with Crippen LogP contribution in [0.25, 0.3) is 17.0 Å². The van der Waals surface area contributed by atoms with E-state index in [1.807, 2.05) is 27.1 Å². The van der Waals surface area contributed by atoms with Crippen LogP contribution in [0.3, 0.4) is 0 Å². The SMILES string of the molecule is Cc1nn(C)cc1C1CN(c2cc(-c3cnc4ccc(C(F)(F)F)nn34)ncn2)C[C@@H](C)O1. The van der Waals surface area contributed by atoms with E-state index in [0.717, 1.165) is 21.8 Å². The smallest absolute Gasteiger partial charge is 0.367 e. The molecule has 0 bridgehead atoms. The first kappa shape index (κ1) is 21.3. The number of hydrogen-bond acceptors (Lipinski definition) is 7. The standard InChI is InChI=1S/C21H21F3N8O/c1-12-8-31(10-17(33-12)14-9-30(3)28-13(14)2)20-6-15(26-11-27-20)16-7-25-19-5-4-18(21(22,23)24)29-32(16)19/h4-7,9,11-12,17H,8,10H2,1-3H3/t12-,17?/m1/s1. The maximum atomic E-state index is 13.2. The second kappa shape index (κ2) is 7.80. The Balaban J connectivity index is 1.49. The van der Waals surface area contributed by atoms with Gasteiger partial charge in [0.1, 0.15) is 23.9 Å². The molecule has 0 N–H and O–H groups in total. The first-order chi connectivity index (χ1) is 15.7. The number of rotatable bonds is 3. The Morgan fingerprint density at radius 2 is 1.91 bits per heavy atom. The van der Waals surface area contributed by atoms with Gasteiger partial charge in [-0.05, 0) is 26.0 Å². The van der Waals surface area contributed by atoms with Crippen molar-refractivity contribution < 1.29 is 17.9 Å². The average molecular weight is 458 g/mol. The molecule has 4 aromatic rings. The summed E-state index contributed by atoms with van der Waals surface area (Å²) < 4.78 is 48.5. The molecule has 33 heavy (non-hydrogen) atoms. The summed E-state index contributed by atoms with van der Waals surface area (Å²) in [5.74, 6) is 0.642. The van der Waals surface area contributed by atoms with Crippen LogP contribution in [0.4, 0.5) is 19.0 Å². The number of morpholine rings is 1. The lowest BCUT2D eigenvalue weighted by atomic mass is 10.1. The zero-order chi connectivity index (χ0) is 23.3. The van der Waals surface area contributed by atoms with Gasteiger partial charge in [0.2, 0.25) is 0 Å². The number of aromatic nitrogens is 7. The number of imidazole rings is 1. The molecule has 1 unspecified atom stereocenters. The molecule has 4 aromatic heterocycles. The minimum atomic E-state index is -4.56. The van der Waals surface area contributed by atoms with E-state index in [1.54, 1.807) is 10.7 Å². The fraction of sp³-hybridized carbons (Fsp3) is 0.381. The highest BCUT2D eigenvalue weighted by atomic mass is 19.4. The topological polar surface area (TPSA) is 86.3 Å². The van der Waals surface area contributed by atoms with Crippen LogP contribution in [0.1, 0.15) is 30.0 Å². The van der Waals surface area contributed by atoms with Crippen LogP contribution >= 0.6 is 0 Å². The molecule has 0 amide bonds. The Labute approximate surface area is 186 Å². The van der Waals surface area contributed by atoms with Gasteiger partial charge in [-0.2, -0.15) is 23.4 Å². The summed E-state index contributed by atoms with van der Waals surface area (Å²) in [5.41, 5.74) is 1.98. The largest absolute Gasteiger partial charge is 0.435 e. The van der Waals surface area contributed by atoms with E-state index in [2.05, 4.69) is 30.0 Å². The Bertz CT molecular complexity index is 1310. The van der Waals surface area contributed by atoms with E-state index in [9.17, 15) is 13.2 Å². The van der Waals surface area contributed by atoms with Gasteiger partial charge in [0, 0.05) is 31.4 Å². The normalized spacial score (nSPS) is 19.4. The lowest BCUT2D eigenvalue weighted by Crippen LogP contribution is -2.43. The third-order valence-electron chi connectivity index (χ3n) is 5.55. The van der Waals surface area contributed by atoms with Gasteiger partial charge >= 0.3 is 6.18 Å². The zero-order valence-electron chi connectivity index (χ0n) is 18.2. The first-order valence-corrected chi connectivity index (χ1v) is 10.3. The fourth-order valence-electron chi connectivity index (χ4n) is 4.10. The van der Waals surface area contributed by atoms with Crippen LogP contribution in [-0.2, 0) is 18.0 Å². The lowest BCUT2D eigenvalue weighted by Gasteiger charge is -2.37. The highest BCUT2D eigenvalue weighted by Crippen LogP contribution is 2.31. The molecule has 1 aliphatic heterocycles. The van der Waals surface area contributed by atoms with Gasteiger partial charge in [-0.25, -0.2) is 19.5 Å². The molecule has 0 aromatic carbocycles. The number of anilines is 1. The average Bonchev–Trinajstić information content (AvgIpc) is 3.34. The summed E-state index contributed by atoms with van der Waals surface area (Å²) in [4.78, 5) is 14.9. The zero-order valence-corrected chi connectivity index (χ0v) is 18.2. The summed E-state index contributed by atoms with van der Waals surface area (Å²) in [6, 6.07) is 3.93. The van der Waals surface area contributed by atoms with Gasteiger partial charge < -0.3 is 9.64 Å². The molecule has 12 heteroatoms. The van der Waals surface area contributed by atoms with E-state index >= 15 is 0 Å². The maximum absolute atomic E-state index is 13.2. The van der Waals surface area contributed by atoms with E-state index in [1.165, 1.54) is 18.6 Å².